The molecule has 0 fully saturated rings. The van der Waals surface area contributed by atoms with Gasteiger partial charge in [0.2, 0.25) is 0 Å². The molecule has 1 aromatic heterocycles. The summed E-state index contributed by atoms with van der Waals surface area (Å²) in [4.78, 5) is 11.0. The van der Waals surface area contributed by atoms with Crippen LogP contribution in [-0.2, 0) is 17.4 Å². The summed E-state index contributed by atoms with van der Waals surface area (Å²) in [6.07, 6.45) is -4.54. The van der Waals surface area contributed by atoms with Gasteiger partial charge in [0.25, 0.3) is 0 Å². The van der Waals surface area contributed by atoms with Crippen LogP contribution in [0.2, 0.25) is 0 Å². The number of thiophene rings is 1. The van der Waals surface area contributed by atoms with Gasteiger partial charge in [-0.1, -0.05) is 0 Å². The Labute approximate surface area is 98.3 Å². The van der Waals surface area contributed by atoms with Crippen molar-refractivity contribution in [2.75, 3.05) is 0 Å². The molecule has 2 nitrogen and oxygen atoms in total. The highest BCUT2D eigenvalue weighted by atomic mass is 32.1. The van der Waals surface area contributed by atoms with Gasteiger partial charge in [-0.05, 0) is 29.7 Å². The Bertz CT molecular complexity index is 572. The second kappa shape index (κ2) is 4.03. The Morgan fingerprint density at radius 3 is 2.59 bits per heavy atom. The monoisotopic (exact) mass is 260 g/mol. The molecular weight excluding hydrogens is 253 g/mol. The van der Waals surface area contributed by atoms with Crippen molar-refractivity contribution < 1.29 is 23.1 Å². The largest absolute Gasteiger partial charge is 0.481 e. The van der Waals surface area contributed by atoms with Gasteiger partial charge in [-0.2, -0.15) is 13.2 Å². The molecule has 0 aliphatic rings. The third kappa shape index (κ3) is 2.58. The number of carboxylic acid groups (broad SMARTS) is 1. The number of hydrogen-bond donors (Lipinski definition) is 1. The zero-order valence-electron chi connectivity index (χ0n) is 8.41. The second-order valence-electron chi connectivity index (χ2n) is 3.53. The molecule has 0 aliphatic carbocycles. The Hall–Kier alpha value is -1.56. The molecule has 90 valence electrons. The lowest BCUT2D eigenvalue weighted by Crippen LogP contribution is -2.03. The van der Waals surface area contributed by atoms with E-state index in [1.165, 1.54) is 23.5 Å². The Kier molecular flexibility index (Phi) is 2.82. The van der Waals surface area contributed by atoms with Crippen LogP contribution in [0.25, 0.3) is 10.1 Å². The molecule has 1 aromatic carbocycles. The number of carbonyl (C=O) groups is 1. The van der Waals surface area contributed by atoms with Gasteiger partial charge in [-0.15, -0.1) is 11.3 Å². The summed E-state index contributed by atoms with van der Waals surface area (Å²) in [7, 11) is 0. The molecule has 0 saturated carbocycles. The fourth-order valence-electron chi connectivity index (χ4n) is 1.51. The molecule has 0 aliphatic heterocycles. The van der Waals surface area contributed by atoms with Crippen LogP contribution in [0.3, 0.4) is 0 Å². The maximum Gasteiger partial charge on any atom is 0.416 e. The van der Waals surface area contributed by atoms with Gasteiger partial charge < -0.3 is 5.11 Å². The van der Waals surface area contributed by atoms with E-state index < -0.39 is 17.7 Å². The van der Waals surface area contributed by atoms with E-state index >= 15 is 0 Å². The van der Waals surface area contributed by atoms with Crippen molar-refractivity contribution in [1.29, 1.82) is 0 Å². The standard InChI is InChI=1S/C11H7F3O2S/c12-11(13,14)7-1-2-9-6(3-7)4-8(17-9)5-10(15)16/h1-4H,5H2,(H,15,16). The third-order valence-corrected chi connectivity index (χ3v) is 3.34. The minimum absolute atomic E-state index is 0.166. The predicted octanol–water partition coefficient (Wildman–Crippen LogP) is 3.55. The molecule has 0 radical (unpaired) electrons. The highest BCUT2D eigenvalue weighted by Crippen LogP contribution is 2.34. The number of fused-ring (bicyclic) bond motifs is 1. The number of carboxylic acids is 1. The maximum absolute atomic E-state index is 12.4. The van der Waals surface area contributed by atoms with E-state index in [0.717, 1.165) is 12.1 Å². The first-order valence-corrected chi connectivity index (χ1v) is 5.49. The lowest BCUT2D eigenvalue weighted by atomic mass is 10.1. The molecule has 0 spiro atoms. The number of halogens is 3. The van der Waals surface area contributed by atoms with Crippen molar-refractivity contribution in [2.45, 2.75) is 12.6 Å². The topological polar surface area (TPSA) is 37.3 Å². The van der Waals surface area contributed by atoms with Crippen molar-refractivity contribution in [1.82, 2.24) is 0 Å². The van der Waals surface area contributed by atoms with Crippen LogP contribution in [0.1, 0.15) is 10.4 Å². The first-order chi connectivity index (χ1) is 7.86. The summed E-state index contributed by atoms with van der Waals surface area (Å²) in [6, 6.07) is 4.90. The predicted molar refractivity (Wildman–Crippen MR) is 58.2 cm³/mol. The zero-order chi connectivity index (χ0) is 12.6. The molecule has 6 heteroatoms. The quantitative estimate of drug-likeness (QED) is 0.896. The number of aliphatic carboxylic acids is 1. The maximum atomic E-state index is 12.4. The minimum Gasteiger partial charge on any atom is -0.481 e. The van der Waals surface area contributed by atoms with Crippen molar-refractivity contribution in [2.24, 2.45) is 0 Å². The van der Waals surface area contributed by atoms with E-state index in [2.05, 4.69) is 0 Å². The van der Waals surface area contributed by atoms with Crippen molar-refractivity contribution in [3.63, 3.8) is 0 Å². The van der Waals surface area contributed by atoms with Crippen molar-refractivity contribution in [3.05, 3.63) is 34.7 Å². The number of rotatable bonds is 2. The average molecular weight is 260 g/mol. The summed E-state index contributed by atoms with van der Waals surface area (Å²) in [5.41, 5.74) is -0.718. The van der Waals surface area contributed by atoms with Gasteiger partial charge in [0.1, 0.15) is 0 Å². The van der Waals surface area contributed by atoms with E-state index in [9.17, 15) is 18.0 Å². The fourth-order valence-corrected chi connectivity index (χ4v) is 2.55. The summed E-state index contributed by atoms with van der Waals surface area (Å²) < 4.78 is 38.0. The second-order valence-corrected chi connectivity index (χ2v) is 4.70. The third-order valence-electron chi connectivity index (χ3n) is 2.22. The van der Waals surface area contributed by atoms with Gasteiger partial charge in [-0.25, -0.2) is 0 Å². The molecule has 0 amide bonds. The Balaban J connectivity index is 2.44. The summed E-state index contributed by atoms with van der Waals surface area (Å²) >= 11 is 1.20. The first-order valence-electron chi connectivity index (χ1n) is 4.68. The molecule has 0 unspecified atom stereocenters. The normalized spacial score (nSPS) is 11.9. The molecule has 0 atom stereocenters. The lowest BCUT2D eigenvalue weighted by Gasteiger charge is -2.05. The first kappa shape index (κ1) is 11.9. The molecule has 0 saturated heterocycles. The van der Waals surface area contributed by atoms with Gasteiger partial charge >= 0.3 is 12.1 Å². The molecule has 2 aromatic rings. The van der Waals surface area contributed by atoms with Gasteiger partial charge in [0, 0.05) is 9.58 Å². The Morgan fingerprint density at radius 2 is 2.00 bits per heavy atom. The zero-order valence-corrected chi connectivity index (χ0v) is 9.23. The van der Waals surface area contributed by atoms with Crippen LogP contribution in [0.5, 0.6) is 0 Å². The fraction of sp³-hybridized carbons (Fsp3) is 0.182. The van der Waals surface area contributed by atoms with E-state index in [1.54, 1.807) is 0 Å². The van der Waals surface area contributed by atoms with E-state index in [1.807, 2.05) is 0 Å². The van der Waals surface area contributed by atoms with Crippen LogP contribution >= 0.6 is 11.3 Å². The molecule has 17 heavy (non-hydrogen) atoms. The minimum atomic E-state index is -4.37. The van der Waals surface area contributed by atoms with Gasteiger partial charge in [-0.3, -0.25) is 4.79 Å². The van der Waals surface area contributed by atoms with E-state index in [4.69, 9.17) is 5.11 Å². The summed E-state index contributed by atoms with van der Waals surface area (Å²) in [5.74, 6) is -0.993. The molecule has 2 rings (SSSR count). The van der Waals surface area contributed by atoms with Gasteiger partial charge in [0.05, 0.1) is 12.0 Å². The highest BCUT2D eigenvalue weighted by molar-refractivity contribution is 7.19. The SMILES string of the molecule is O=C(O)Cc1cc2cc(C(F)(F)F)ccc2s1. The van der Waals surface area contributed by atoms with Crippen LogP contribution in [0.4, 0.5) is 13.2 Å². The molecule has 0 bridgehead atoms. The smallest absolute Gasteiger partial charge is 0.416 e. The number of alkyl halides is 3. The summed E-state index contributed by atoms with van der Waals surface area (Å²) in [6.45, 7) is 0. The average Bonchev–Trinajstić information content (AvgIpc) is 2.55. The van der Waals surface area contributed by atoms with Crippen LogP contribution in [0, 0.1) is 0 Å². The van der Waals surface area contributed by atoms with Crippen LogP contribution in [0.15, 0.2) is 24.3 Å². The molecule has 1 heterocycles. The molecule has 1 N–H and O–H groups in total. The molecular formula is C11H7F3O2S. The lowest BCUT2D eigenvalue weighted by molar-refractivity contribution is -0.138. The number of benzene rings is 1. The van der Waals surface area contributed by atoms with E-state index in [0.29, 0.717) is 15.0 Å². The summed E-state index contributed by atoms with van der Waals surface area (Å²) in [5, 5.41) is 9.03. The van der Waals surface area contributed by atoms with E-state index in [-0.39, 0.29) is 6.42 Å². The van der Waals surface area contributed by atoms with Crippen LogP contribution in [-0.4, -0.2) is 11.1 Å². The van der Waals surface area contributed by atoms with Crippen molar-refractivity contribution in [3.8, 4) is 0 Å². The Morgan fingerprint density at radius 1 is 1.29 bits per heavy atom. The van der Waals surface area contributed by atoms with Crippen molar-refractivity contribution >= 4 is 27.4 Å². The van der Waals surface area contributed by atoms with Gasteiger partial charge in [0.15, 0.2) is 0 Å². The van der Waals surface area contributed by atoms with Crippen LogP contribution < -0.4 is 0 Å². The highest BCUT2D eigenvalue weighted by Gasteiger charge is 2.30. The number of hydrogen-bond acceptors (Lipinski definition) is 2.